The van der Waals surface area contributed by atoms with E-state index in [1.54, 1.807) is 0 Å². The second-order valence-corrected chi connectivity index (χ2v) is 6.88. The first-order chi connectivity index (χ1) is 10.9. The van der Waals surface area contributed by atoms with Gasteiger partial charge in [-0.2, -0.15) is 0 Å². The van der Waals surface area contributed by atoms with Crippen LogP contribution in [0, 0.1) is 6.07 Å². The average Bonchev–Trinajstić information content (AvgIpc) is 3.00. The number of nitrogens with one attached hydrogen (secondary N) is 1. The van der Waals surface area contributed by atoms with Crippen LogP contribution >= 0.6 is 0 Å². The van der Waals surface area contributed by atoms with Crippen molar-refractivity contribution in [2.45, 2.75) is 44.7 Å². The molecule has 22 heavy (non-hydrogen) atoms. The Morgan fingerprint density at radius 3 is 2.73 bits per heavy atom. The minimum atomic E-state index is 0.841. The highest BCUT2D eigenvalue weighted by atomic mass is 15.2. The smallest absolute Gasteiger partial charge is 0.0537 e. The van der Waals surface area contributed by atoms with Gasteiger partial charge in [-0.3, -0.25) is 4.90 Å². The van der Waals surface area contributed by atoms with Crippen molar-refractivity contribution in [1.82, 2.24) is 14.8 Å². The number of H-pyrrole nitrogens is 1. The normalized spacial score (nSPS) is 22.4. The SMILES string of the molecule is [c]1cccc2c(CN3CCC(N4CCCCC4)CC3)c[nH]c12. The second-order valence-electron chi connectivity index (χ2n) is 6.88. The van der Waals surface area contributed by atoms with Crippen LogP contribution in [0.25, 0.3) is 10.9 Å². The number of rotatable bonds is 3. The van der Waals surface area contributed by atoms with Crippen molar-refractivity contribution in [2.24, 2.45) is 0 Å². The van der Waals surface area contributed by atoms with Crippen LogP contribution in [0.5, 0.6) is 0 Å². The van der Waals surface area contributed by atoms with Crippen LogP contribution in [-0.2, 0) is 6.54 Å². The summed E-state index contributed by atoms with van der Waals surface area (Å²) >= 11 is 0. The highest BCUT2D eigenvalue weighted by Gasteiger charge is 2.25. The van der Waals surface area contributed by atoms with Crippen molar-refractivity contribution in [3.8, 4) is 0 Å². The van der Waals surface area contributed by atoms with Crippen LogP contribution in [0.15, 0.2) is 24.4 Å². The van der Waals surface area contributed by atoms with Gasteiger partial charge in [0.05, 0.1) is 5.52 Å². The molecule has 0 atom stereocenters. The maximum Gasteiger partial charge on any atom is 0.0537 e. The van der Waals surface area contributed by atoms with Gasteiger partial charge in [0.25, 0.3) is 0 Å². The van der Waals surface area contributed by atoms with Crippen molar-refractivity contribution < 1.29 is 0 Å². The number of aromatic amines is 1. The molecule has 0 unspecified atom stereocenters. The number of likely N-dealkylation sites (tertiary alicyclic amines) is 2. The van der Waals surface area contributed by atoms with Gasteiger partial charge in [-0.25, -0.2) is 0 Å². The maximum absolute atomic E-state index is 3.35. The number of nitrogens with zero attached hydrogens (tertiary/aromatic N) is 2. The predicted octanol–water partition coefficient (Wildman–Crippen LogP) is 3.42. The minimum Gasteiger partial charge on any atom is -0.360 e. The molecule has 1 aromatic carbocycles. The van der Waals surface area contributed by atoms with Gasteiger partial charge in [-0.05, 0) is 57.4 Å². The Bertz CT molecular complexity index is 604. The first-order valence-corrected chi connectivity index (χ1v) is 8.83. The molecule has 117 valence electrons. The van der Waals surface area contributed by atoms with E-state index in [9.17, 15) is 0 Å². The van der Waals surface area contributed by atoms with Crippen molar-refractivity contribution >= 4 is 10.9 Å². The lowest BCUT2D eigenvalue weighted by Crippen LogP contribution is -2.46. The van der Waals surface area contributed by atoms with E-state index in [-0.39, 0.29) is 0 Å². The average molecular weight is 296 g/mol. The molecule has 1 aromatic heterocycles. The fourth-order valence-electron chi connectivity index (χ4n) is 4.16. The van der Waals surface area contributed by atoms with Crippen molar-refractivity contribution in [3.05, 3.63) is 36.0 Å². The molecule has 3 heterocycles. The molecule has 2 aliphatic heterocycles. The molecule has 2 aliphatic rings. The summed E-state index contributed by atoms with van der Waals surface area (Å²) in [6.07, 6.45) is 9.10. The van der Waals surface area contributed by atoms with Gasteiger partial charge in [-0.15, -0.1) is 0 Å². The first-order valence-electron chi connectivity index (χ1n) is 8.83. The molecule has 0 aliphatic carbocycles. The summed E-state index contributed by atoms with van der Waals surface area (Å²) < 4.78 is 0. The number of para-hydroxylation sites is 1. The molecular formula is C19H26N3. The van der Waals surface area contributed by atoms with Crippen LogP contribution in [0.1, 0.15) is 37.7 Å². The second kappa shape index (κ2) is 6.43. The first kappa shape index (κ1) is 14.3. The number of aromatic nitrogens is 1. The monoisotopic (exact) mass is 296 g/mol. The Morgan fingerprint density at radius 2 is 1.91 bits per heavy atom. The fraction of sp³-hybridized carbons (Fsp3) is 0.579. The molecule has 2 fully saturated rings. The molecule has 3 heteroatoms. The summed E-state index contributed by atoms with van der Waals surface area (Å²) in [5.41, 5.74) is 2.56. The minimum absolute atomic E-state index is 0.841. The fourth-order valence-corrected chi connectivity index (χ4v) is 4.16. The molecular weight excluding hydrogens is 270 g/mol. The van der Waals surface area contributed by atoms with E-state index in [0.29, 0.717) is 0 Å². The number of benzene rings is 1. The predicted molar refractivity (Wildman–Crippen MR) is 90.9 cm³/mol. The summed E-state index contributed by atoms with van der Waals surface area (Å²) in [5.74, 6) is 0. The zero-order chi connectivity index (χ0) is 14.8. The van der Waals surface area contributed by atoms with Crippen LogP contribution in [-0.4, -0.2) is 47.0 Å². The zero-order valence-corrected chi connectivity index (χ0v) is 13.4. The van der Waals surface area contributed by atoms with E-state index < -0.39 is 0 Å². The molecule has 2 aromatic rings. The lowest BCUT2D eigenvalue weighted by Gasteiger charge is -2.40. The third-order valence-corrected chi connectivity index (χ3v) is 5.45. The molecule has 0 saturated carbocycles. The van der Waals surface area contributed by atoms with E-state index in [1.165, 1.54) is 69.2 Å². The lowest BCUT2D eigenvalue weighted by atomic mass is 9.99. The Hall–Kier alpha value is -1.32. The number of fused-ring (bicyclic) bond motifs is 1. The summed E-state index contributed by atoms with van der Waals surface area (Å²) in [7, 11) is 0. The van der Waals surface area contributed by atoms with Gasteiger partial charge in [0.1, 0.15) is 0 Å². The van der Waals surface area contributed by atoms with Crippen molar-refractivity contribution in [1.29, 1.82) is 0 Å². The number of piperidine rings is 2. The summed E-state index contributed by atoms with van der Waals surface area (Å²) in [6, 6.07) is 10.4. The van der Waals surface area contributed by atoms with Gasteiger partial charge in [-0.1, -0.05) is 24.6 Å². The van der Waals surface area contributed by atoms with Gasteiger partial charge >= 0.3 is 0 Å². The van der Waals surface area contributed by atoms with Crippen molar-refractivity contribution in [2.75, 3.05) is 26.2 Å². The standard InChI is InChI=1S/C19H26N3/c1-4-10-22(11-5-1)17-8-12-21(13-9-17)15-16-14-20-19-7-3-2-6-18(16)19/h2-3,6,14,17,20H,1,4-5,8-13,15H2. The highest BCUT2D eigenvalue weighted by Crippen LogP contribution is 2.24. The topological polar surface area (TPSA) is 22.3 Å². The summed E-state index contributed by atoms with van der Waals surface area (Å²) in [5, 5.41) is 1.33. The Labute approximate surface area is 133 Å². The van der Waals surface area contributed by atoms with Crippen LogP contribution in [0.2, 0.25) is 0 Å². The molecule has 0 bridgehead atoms. The molecule has 3 nitrogen and oxygen atoms in total. The molecule has 0 amide bonds. The molecule has 1 radical (unpaired) electrons. The van der Waals surface area contributed by atoms with Crippen LogP contribution in [0.4, 0.5) is 0 Å². The zero-order valence-electron chi connectivity index (χ0n) is 13.4. The Kier molecular flexibility index (Phi) is 4.17. The van der Waals surface area contributed by atoms with E-state index in [4.69, 9.17) is 0 Å². The third-order valence-electron chi connectivity index (χ3n) is 5.45. The van der Waals surface area contributed by atoms with Gasteiger partial charge in [0, 0.05) is 30.2 Å². The Balaban J connectivity index is 1.35. The Morgan fingerprint density at radius 1 is 1.09 bits per heavy atom. The third kappa shape index (κ3) is 2.92. The van der Waals surface area contributed by atoms with Crippen molar-refractivity contribution in [3.63, 3.8) is 0 Å². The molecule has 4 rings (SSSR count). The summed E-state index contributed by atoms with van der Waals surface area (Å²) in [4.78, 5) is 8.72. The highest BCUT2D eigenvalue weighted by molar-refractivity contribution is 5.82. The number of hydrogen-bond donors (Lipinski definition) is 1. The van der Waals surface area contributed by atoms with E-state index in [1.807, 2.05) is 6.07 Å². The van der Waals surface area contributed by atoms with Gasteiger partial charge in [0.15, 0.2) is 0 Å². The molecule has 2 saturated heterocycles. The maximum atomic E-state index is 3.35. The van der Waals surface area contributed by atoms with E-state index >= 15 is 0 Å². The van der Waals surface area contributed by atoms with Gasteiger partial charge < -0.3 is 9.88 Å². The van der Waals surface area contributed by atoms with Crippen LogP contribution < -0.4 is 0 Å². The van der Waals surface area contributed by atoms with E-state index in [0.717, 1.165) is 18.1 Å². The quantitative estimate of drug-likeness (QED) is 0.937. The summed E-state index contributed by atoms with van der Waals surface area (Å²) in [6.45, 7) is 6.23. The lowest BCUT2D eigenvalue weighted by molar-refractivity contribution is 0.0898. The largest absolute Gasteiger partial charge is 0.360 e. The van der Waals surface area contributed by atoms with Gasteiger partial charge in [0.2, 0.25) is 0 Å². The number of hydrogen-bond acceptors (Lipinski definition) is 2. The molecule has 0 spiro atoms. The van der Waals surface area contributed by atoms with Crippen LogP contribution in [0.3, 0.4) is 0 Å². The van der Waals surface area contributed by atoms with E-state index in [2.05, 4.69) is 39.2 Å². The molecule has 1 N–H and O–H groups in total.